The first-order chi connectivity index (χ1) is 13.4. The van der Waals surface area contributed by atoms with Crippen molar-refractivity contribution in [2.24, 2.45) is 0 Å². The molecule has 0 aliphatic rings. The maximum absolute atomic E-state index is 12.2. The first-order valence-corrected chi connectivity index (χ1v) is 9.59. The summed E-state index contributed by atoms with van der Waals surface area (Å²) in [6.07, 6.45) is 3.09. The number of carbonyl (C=O) groups is 1. The minimum atomic E-state index is -0.447. The third-order valence-electron chi connectivity index (χ3n) is 3.36. The fraction of sp³-hybridized carbons (Fsp3) is 0.316. The molecule has 0 aliphatic heterocycles. The predicted molar refractivity (Wildman–Crippen MR) is 107 cm³/mol. The fourth-order valence-electron chi connectivity index (χ4n) is 2.28. The van der Waals surface area contributed by atoms with Gasteiger partial charge in [-0.2, -0.15) is 9.36 Å². The highest BCUT2D eigenvalue weighted by Gasteiger charge is 2.17. The summed E-state index contributed by atoms with van der Waals surface area (Å²) in [5, 5.41) is 3.53. The number of nitrogens with zero attached hydrogens (tertiary/aromatic N) is 4. The fourth-order valence-corrected chi connectivity index (χ4v) is 2.86. The van der Waals surface area contributed by atoms with Gasteiger partial charge in [0.15, 0.2) is 5.82 Å². The second kappa shape index (κ2) is 8.75. The third-order valence-corrected chi connectivity index (χ3v) is 3.99. The highest BCUT2D eigenvalue weighted by molar-refractivity contribution is 7.09. The van der Waals surface area contributed by atoms with E-state index in [0.29, 0.717) is 33.8 Å². The van der Waals surface area contributed by atoms with Gasteiger partial charge in [-0.1, -0.05) is 0 Å². The van der Waals surface area contributed by atoms with E-state index in [2.05, 4.69) is 24.6 Å². The Morgan fingerprint density at radius 3 is 2.61 bits per heavy atom. The highest BCUT2D eigenvalue weighted by Crippen LogP contribution is 2.25. The lowest BCUT2D eigenvalue weighted by Crippen LogP contribution is -2.13. The Labute approximate surface area is 167 Å². The van der Waals surface area contributed by atoms with Gasteiger partial charge in [0.05, 0.1) is 18.4 Å². The summed E-state index contributed by atoms with van der Waals surface area (Å²) in [5.74, 6) is 1.09. The Kier molecular flexibility index (Phi) is 6.15. The Morgan fingerprint density at radius 2 is 1.93 bits per heavy atom. The Morgan fingerprint density at radius 1 is 1.11 bits per heavy atom. The molecule has 0 spiro atoms. The lowest BCUT2D eigenvalue weighted by Gasteiger charge is -2.10. The van der Waals surface area contributed by atoms with Crippen LogP contribution in [0.5, 0.6) is 5.75 Å². The molecule has 28 heavy (non-hydrogen) atoms. The molecule has 0 aromatic carbocycles. The van der Waals surface area contributed by atoms with E-state index in [1.807, 2.05) is 19.9 Å². The van der Waals surface area contributed by atoms with Crippen molar-refractivity contribution in [2.45, 2.75) is 39.9 Å². The van der Waals surface area contributed by atoms with E-state index in [0.717, 1.165) is 11.5 Å². The van der Waals surface area contributed by atoms with Gasteiger partial charge in [0, 0.05) is 17.7 Å². The molecule has 3 aromatic rings. The SMILES string of the molecule is CC(C)OC(=O)c1cccnc1Nc1nc(-c2ccc(OC(C)C)cn2)ns1. The molecule has 0 aliphatic carbocycles. The molecule has 1 N–H and O–H groups in total. The van der Waals surface area contributed by atoms with Crippen LogP contribution in [0.25, 0.3) is 11.5 Å². The maximum atomic E-state index is 12.2. The van der Waals surface area contributed by atoms with Gasteiger partial charge in [-0.15, -0.1) is 0 Å². The van der Waals surface area contributed by atoms with Gasteiger partial charge in [0.25, 0.3) is 0 Å². The largest absolute Gasteiger partial charge is 0.489 e. The molecule has 3 aromatic heterocycles. The second-order valence-electron chi connectivity index (χ2n) is 6.45. The van der Waals surface area contributed by atoms with Gasteiger partial charge in [0.2, 0.25) is 5.13 Å². The van der Waals surface area contributed by atoms with Crippen LogP contribution in [0.3, 0.4) is 0 Å². The molecule has 0 saturated heterocycles. The molecule has 146 valence electrons. The average Bonchev–Trinajstić information content (AvgIpc) is 3.10. The van der Waals surface area contributed by atoms with E-state index in [4.69, 9.17) is 9.47 Å². The summed E-state index contributed by atoms with van der Waals surface area (Å²) in [5.41, 5.74) is 0.960. The van der Waals surface area contributed by atoms with Crippen LogP contribution in [0.15, 0.2) is 36.7 Å². The van der Waals surface area contributed by atoms with Crippen molar-refractivity contribution in [3.8, 4) is 17.3 Å². The Bertz CT molecular complexity index is 941. The number of aromatic nitrogens is 4. The van der Waals surface area contributed by atoms with E-state index in [1.54, 1.807) is 44.4 Å². The van der Waals surface area contributed by atoms with Crippen molar-refractivity contribution >= 4 is 28.5 Å². The van der Waals surface area contributed by atoms with E-state index in [9.17, 15) is 4.79 Å². The molecule has 0 bridgehead atoms. The summed E-state index contributed by atoms with van der Waals surface area (Å²) in [7, 11) is 0. The zero-order valence-electron chi connectivity index (χ0n) is 16.0. The van der Waals surface area contributed by atoms with E-state index < -0.39 is 5.97 Å². The van der Waals surface area contributed by atoms with Crippen LogP contribution in [0.2, 0.25) is 0 Å². The van der Waals surface area contributed by atoms with Gasteiger partial charge in [-0.3, -0.25) is 0 Å². The summed E-state index contributed by atoms with van der Waals surface area (Å²) in [4.78, 5) is 25.2. The van der Waals surface area contributed by atoms with Gasteiger partial charge in [-0.25, -0.2) is 14.8 Å². The molecule has 3 rings (SSSR count). The van der Waals surface area contributed by atoms with Crippen LogP contribution in [-0.4, -0.2) is 37.5 Å². The van der Waals surface area contributed by atoms with E-state index >= 15 is 0 Å². The molecule has 9 heteroatoms. The van der Waals surface area contributed by atoms with Crippen molar-refractivity contribution in [1.29, 1.82) is 0 Å². The first-order valence-electron chi connectivity index (χ1n) is 8.82. The number of rotatable bonds is 7. The quantitative estimate of drug-likeness (QED) is 0.593. The number of pyridine rings is 2. The number of nitrogens with one attached hydrogen (secondary N) is 1. The summed E-state index contributed by atoms with van der Waals surface area (Å²) >= 11 is 1.15. The zero-order valence-corrected chi connectivity index (χ0v) is 16.9. The number of hydrogen-bond acceptors (Lipinski definition) is 9. The summed E-state index contributed by atoms with van der Waals surface area (Å²) < 4.78 is 15.2. The molecule has 0 saturated carbocycles. The van der Waals surface area contributed by atoms with Gasteiger partial charge < -0.3 is 14.8 Å². The normalized spacial score (nSPS) is 10.9. The second-order valence-corrected chi connectivity index (χ2v) is 7.20. The van der Waals surface area contributed by atoms with Gasteiger partial charge >= 0.3 is 5.97 Å². The smallest absolute Gasteiger partial charge is 0.342 e. The summed E-state index contributed by atoms with van der Waals surface area (Å²) in [6, 6.07) is 6.96. The number of anilines is 2. The van der Waals surface area contributed by atoms with E-state index in [-0.39, 0.29) is 12.2 Å². The maximum Gasteiger partial charge on any atom is 0.342 e. The Balaban J connectivity index is 1.76. The molecular formula is C19H21N5O3S. The lowest BCUT2D eigenvalue weighted by molar-refractivity contribution is 0.0379. The van der Waals surface area contributed by atoms with Crippen LogP contribution in [0.4, 0.5) is 10.9 Å². The lowest BCUT2D eigenvalue weighted by atomic mass is 10.2. The highest BCUT2D eigenvalue weighted by atomic mass is 32.1. The number of esters is 1. The van der Waals surface area contributed by atoms with Crippen LogP contribution >= 0.6 is 11.5 Å². The molecular weight excluding hydrogens is 378 g/mol. The Hall–Kier alpha value is -3.07. The van der Waals surface area contributed by atoms with Crippen molar-refractivity contribution in [2.75, 3.05) is 5.32 Å². The van der Waals surface area contributed by atoms with Crippen LogP contribution in [0.1, 0.15) is 38.1 Å². The standard InChI is InChI=1S/C19H21N5O3S/c1-11(2)26-13-7-8-15(21-10-13)17-23-19(28-24-17)22-16-14(6-5-9-20-16)18(25)27-12(3)4/h5-12H,1-4H3,(H,20,22,23,24). The van der Waals surface area contributed by atoms with Crippen LogP contribution in [0, 0.1) is 0 Å². The molecule has 0 atom stereocenters. The molecule has 0 amide bonds. The van der Waals surface area contributed by atoms with Crippen molar-refractivity contribution in [3.63, 3.8) is 0 Å². The number of carbonyl (C=O) groups excluding carboxylic acids is 1. The molecule has 0 radical (unpaired) electrons. The monoisotopic (exact) mass is 399 g/mol. The molecule has 0 unspecified atom stereocenters. The van der Waals surface area contributed by atoms with Crippen LogP contribution in [-0.2, 0) is 4.74 Å². The van der Waals surface area contributed by atoms with Gasteiger partial charge in [-0.05, 0) is 52.0 Å². The molecule has 3 heterocycles. The van der Waals surface area contributed by atoms with Crippen molar-refractivity contribution in [1.82, 2.24) is 19.3 Å². The minimum Gasteiger partial charge on any atom is -0.489 e. The number of ether oxygens (including phenoxy) is 2. The van der Waals surface area contributed by atoms with Crippen LogP contribution < -0.4 is 10.1 Å². The first kappa shape index (κ1) is 19.7. The topological polar surface area (TPSA) is 99.1 Å². The predicted octanol–water partition coefficient (Wildman–Crippen LogP) is 4.09. The minimum absolute atomic E-state index is 0.0794. The van der Waals surface area contributed by atoms with E-state index in [1.165, 1.54) is 0 Å². The van der Waals surface area contributed by atoms with Crippen molar-refractivity contribution in [3.05, 3.63) is 42.2 Å². The summed E-state index contributed by atoms with van der Waals surface area (Å²) in [6.45, 7) is 7.50. The molecule has 8 nitrogen and oxygen atoms in total. The third kappa shape index (κ3) is 5.01. The van der Waals surface area contributed by atoms with Crippen molar-refractivity contribution < 1.29 is 14.3 Å². The number of hydrogen-bond donors (Lipinski definition) is 1. The average molecular weight is 399 g/mol. The van der Waals surface area contributed by atoms with Gasteiger partial charge in [0.1, 0.15) is 22.8 Å². The zero-order chi connectivity index (χ0) is 20.1. The molecule has 0 fully saturated rings.